The number of nitriles is 1. The molecular weight excluding hydrogens is 571 g/mol. The van der Waals surface area contributed by atoms with Crippen LogP contribution in [0.5, 0.6) is 17.2 Å². The van der Waals surface area contributed by atoms with Crippen molar-refractivity contribution in [3.8, 4) is 23.3 Å². The predicted octanol–water partition coefficient (Wildman–Crippen LogP) is 6.90. The number of hydrogen-bond donors (Lipinski definition) is 0. The lowest BCUT2D eigenvalue weighted by molar-refractivity contribution is -0.274. The average molecular weight is 604 g/mol. The van der Waals surface area contributed by atoms with E-state index in [9.17, 15) is 23.2 Å². The van der Waals surface area contributed by atoms with Gasteiger partial charge in [0.2, 0.25) is 5.91 Å². The number of alkyl halides is 3. The van der Waals surface area contributed by atoms with E-state index in [1.54, 1.807) is 35.6 Å². The number of rotatable bonds is 11. The SMILES string of the molecule is CCCC[C@H]1CN(c2cccc(OC(F)(F)F)c2)C(=O)CN1Cc1cncn1Cc1ccc(Oc2ccccc2)c(C#N)c1. The normalized spacial score (nSPS) is 15.7. The Morgan fingerprint density at radius 3 is 2.57 bits per heavy atom. The first-order chi connectivity index (χ1) is 21.2. The van der Waals surface area contributed by atoms with Crippen LogP contribution in [0.2, 0.25) is 0 Å². The first-order valence-electron chi connectivity index (χ1n) is 14.4. The number of carbonyl (C=O) groups excluding carboxylic acids is 1. The van der Waals surface area contributed by atoms with Gasteiger partial charge >= 0.3 is 6.36 Å². The fourth-order valence-electron chi connectivity index (χ4n) is 5.31. The summed E-state index contributed by atoms with van der Waals surface area (Å²) in [4.78, 5) is 21.3. The molecule has 44 heavy (non-hydrogen) atoms. The third-order valence-corrected chi connectivity index (χ3v) is 7.45. The molecule has 0 N–H and O–H groups in total. The number of aromatic nitrogens is 2. The van der Waals surface area contributed by atoms with Crippen LogP contribution in [0.3, 0.4) is 0 Å². The molecule has 1 aliphatic rings. The molecule has 1 atom stereocenters. The van der Waals surface area contributed by atoms with Gasteiger partial charge in [-0.25, -0.2) is 4.98 Å². The summed E-state index contributed by atoms with van der Waals surface area (Å²) < 4.78 is 50.3. The fourth-order valence-corrected chi connectivity index (χ4v) is 5.31. The first kappa shape index (κ1) is 30.6. The van der Waals surface area contributed by atoms with Gasteiger partial charge in [-0.15, -0.1) is 13.2 Å². The minimum atomic E-state index is -4.82. The molecule has 8 nitrogen and oxygen atoms in total. The summed E-state index contributed by atoms with van der Waals surface area (Å²) in [6.07, 6.45) is 1.40. The van der Waals surface area contributed by atoms with Crippen LogP contribution in [0.25, 0.3) is 0 Å². The Morgan fingerprint density at radius 2 is 1.82 bits per heavy atom. The smallest absolute Gasteiger partial charge is 0.456 e. The van der Waals surface area contributed by atoms with E-state index in [0.717, 1.165) is 30.5 Å². The number of para-hydroxylation sites is 1. The molecule has 11 heteroatoms. The summed E-state index contributed by atoms with van der Waals surface area (Å²) in [5, 5.41) is 9.76. The van der Waals surface area contributed by atoms with Crippen molar-refractivity contribution in [2.75, 3.05) is 18.0 Å². The standard InChI is InChI=1S/C33H32F3N5O3/c1-2-3-8-27-21-41(26-9-7-12-30(16-26)44-33(34,35)36)32(42)22-39(27)20-28-18-38-23-40(28)19-24-13-14-31(25(15-24)17-37)43-29-10-5-4-6-11-29/h4-7,9-16,18,23,27H,2-3,8,19-22H2,1H3/t27-/m0/s1. The maximum atomic E-state index is 13.3. The van der Waals surface area contributed by atoms with Crippen molar-refractivity contribution in [2.24, 2.45) is 0 Å². The Labute approximate surface area is 253 Å². The van der Waals surface area contributed by atoms with Crippen LogP contribution in [-0.4, -0.2) is 45.9 Å². The van der Waals surface area contributed by atoms with Crippen molar-refractivity contribution >= 4 is 11.6 Å². The van der Waals surface area contributed by atoms with Gasteiger partial charge in [-0.2, -0.15) is 5.26 Å². The quantitative estimate of drug-likeness (QED) is 0.185. The molecule has 1 amide bonds. The van der Waals surface area contributed by atoms with E-state index in [1.807, 2.05) is 41.0 Å². The van der Waals surface area contributed by atoms with Crippen LogP contribution in [0.4, 0.5) is 18.9 Å². The maximum Gasteiger partial charge on any atom is 0.573 e. The third-order valence-electron chi connectivity index (χ3n) is 7.45. The lowest BCUT2D eigenvalue weighted by Gasteiger charge is -2.41. The van der Waals surface area contributed by atoms with Gasteiger partial charge < -0.3 is 18.9 Å². The van der Waals surface area contributed by atoms with Gasteiger partial charge in [-0.3, -0.25) is 9.69 Å². The van der Waals surface area contributed by atoms with Crippen LogP contribution in [0, 0.1) is 11.3 Å². The van der Waals surface area contributed by atoms with Gasteiger partial charge in [-0.1, -0.05) is 50.1 Å². The molecule has 0 saturated carbocycles. The highest BCUT2D eigenvalue weighted by Crippen LogP contribution is 2.30. The van der Waals surface area contributed by atoms with Gasteiger partial charge in [0.25, 0.3) is 0 Å². The zero-order chi connectivity index (χ0) is 31.1. The summed E-state index contributed by atoms with van der Waals surface area (Å²) >= 11 is 0. The Hall–Kier alpha value is -4.82. The molecule has 228 valence electrons. The highest BCUT2D eigenvalue weighted by molar-refractivity contribution is 5.95. The number of carbonyl (C=O) groups is 1. The zero-order valence-corrected chi connectivity index (χ0v) is 24.2. The van der Waals surface area contributed by atoms with E-state index in [-0.39, 0.29) is 24.2 Å². The lowest BCUT2D eigenvalue weighted by Crippen LogP contribution is -2.56. The molecule has 0 aliphatic carbocycles. The monoisotopic (exact) mass is 603 g/mol. The number of benzene rings is 3. The minimum absolute atomic E-state index is 0.0113. The fraction of sp³-hybridized carbons (Fsp3) is 0.303. The van der Waals surface area contributed by atoms with Crippen molar-refractivity contribution in [2.45, 2.75) is 51.7 Å². The molecule has 0 unspecified atom stereocenters. The molecule has 1 aliphatic heterocycles. The molecule has 2 heterocycles. The Morgan fingerprint density at radius 1 is 1.02 bits per heavy atom. The van der Waals surface area contributed by atoms with Crippen molar-refractivity contribution in [1.82, 2.24) is 14.5 Å². The largest absolute Gasteiger partial charge is 0.573 e. The molecule has 3 aromatic carbocycles. The van der Waals surface area contributed by atoms with E-state index in [0.29, 0.717) is 42.4 Å². The number of nitrogens with zero attached hydrogens (tertiary/aromatic N) is 5. The Bertz CT molecular complexity index is 1620. The molecule has 4 aromatic rings. The number of piperazine rings is 1. The van der Waals surface area contributed by atoms with Gasteiger partial charge in [0, 0.05) is 43.6 Å². The van der Waals surface area contributed by atoms with Crippen LogP contribution >= 0.6 is 0 Å². The summed E-state index contributed by atoms with van der Waals surface area (Å²) in [6, 6.07) is 22.5. The number of amides is 1. The number of hydrogen-bond acceptors (Lipinski definition) is 6. The zero-order valence-electron chi connectivity index (χ0n) is 24.2. The summed E-state index contributed by atoms with van der Waals surface area (Å²) in [5.41, 5.74) is 2.58. The Balaban J connectivity index is 1.30. The van der Waals surface area contributed by atoms with Crippen molar-refractivity contribution in [3.63, 3.8) is 0 Å². The molecule has 0 radical (unpaired) electrons. The average Bonchev–Trinajstić information content (AvgIpc) is 3.43. The van der Waals surface area contributed by atoms with Gasteiger partial charge in [-0.05, 0) is 48.4 Å². The topological polar surface area (TPSA) is 83.6 Å². The molecule has 5 rings (SSSR count). The number of halogens is 3. The van der Waals surface area contributed by atoms with Crippen LogP contribution in [0.15, 0.2) is 85.3 Å². The number of unbranched alkanes of at least 4 members (excludes halogenated alkanes) is 1. The highest BCUT2D eigenvalue weighted by atomic mass is 19.4. The molecule has 1 fully saturated rings. The predicted molar refractivity (Wildman–Crippen MR) is 158 cm³/mol. The molecule has 0 bridgehead atoms. The van der Waals surface area contributed by atoms with Crippen molar-refractivity contribution in [3.05, 3.63) is 102 Å². The minimum Gasteiger partial charge on any atom is -0.456 e. The van der Waals surface area contributed by atoms with E-state index in [2.05, 4.69) is 27.6 Å². The van der Waals surface area contributed by atoms with Gasteiger partial charge in [0.1, 0.15) is 23.3 Å². The van der Waals surface area contributed by atoms with Gasteiger partial charge in [0.15, 0.2) is 0 Å². The second-order valence-corrected chi connectivity index (χ2v) is 10.6. The van der Waals surface area contributed by atoms with Gasteiger partial charge in [0.05, 0.1) is 24.1 Å². The van der Waals surface area contributed by atoms with Crippen LogP contribution in [-0.2, 0) is 17.9 Å². The maximum absolute atomic E-state index is 13.3. The van der Waals surface area contributed by atoms with E-state index in [4.69, 9.17) is 4.74 Å². The van der Waals surface area contributed by atoms with Crippen LogP contribution < -0.4 is 14.4 Å². The van der Waals surface area contributed by atoms with E-state index >= 15 is 0 Å². The lowest BCUT2D eigenvalue weighted by atomic mass is 10.0. The third kappa shape index (κ3) is 7.76. The second kappa shape index (κ2) is 13.7. The summed E-state index contributed by atoms with van der Waals surface area (Å²) in [5.74, 6) is 0.543. The summed E-state index contributed by atoms with van der Waals surface area (Å²) in [7, 11) is 0. The van der Waals surface area contributed by atoms with Crippen molar-refractivity contribution < 1.29 is 27.4 Å². The number of imidazole rings is 1. The molecule has 1 aromatic heterocycles. The number of anilines is 1. The molecule has 1 saturated heterocycles. The molecule has 0 spiro atoms. The highest BCUT2D eigenvalue weighted by Gasteiger charge is 2.34. The second-order valence-electron chi connectivity index (χ2n) is 10.6. The number of ether oxygens (including phenoxy) is 2. The van der Waals surface area contributed by atoms with E-state index < -0.39 is 6.36 Å². The van der Waals surface area contributed by atoms with Crippen molar-refractivity contribution in [1.29, 1.82) is 5.26 Å². The first-order valence-corrected chi connectivity index (χ1v) is 14.4. The van der Waals surface area contributed by atoms with Crippen LogP contribution in [0.1, 0.15) is 43.0 Å². The summed E-state index contributed by atoms with van der Waals surface area (Å²) in [6.45, 7) is 3.47. The molecular formula is C33H32F3N5O3. The van der Waals surface area contributed by atoms with E-state index in [1.165, 1.54) is 18.2 Å². The Kier molecular flexibility index (Phi) is 9.50.